The first-order valence-electron chi connectivity index (χ1n) is 5.51. The van der Waals surface area contributed by atoms with Gasteiger partial charge in [-0.05, 0) is 12.3 Å². The third-order valence-corrected chi connectivity index (χ3v) is 2.12. The lowest BCUT2D eigenvalue weighted by Gasteiger charge is -2.12. The summed E-state index contributed by atoms with van der Waals surface area (Å²) in [6.07, 6.45) is 2.53. The van der Waals surface area contributed by atoms with Crippen LogP contribution in [0.15, 0.2) is 0 Å². The van der Waals surface area contributed by atoms with E-state index in [4.69, 9.17) is 14.9 Å². The smallest absolute Gasteiger partial charge is 0.306 e. The van der Waals surface area contributed by atoms with E-state index in [2.05, 4.69) is 13.8 Å². The van der Waals surface area contributed by atoms with E-state index < -0.39 is 6.10 Å². The zero-order valence-corrected chi connectivity index (χ0v) is 9.61. The van der Waals surface area contributed by atoms with Crippen molar-refractivity contribution in [3.63, 3.8) is 0 Å². The van der Waals surface area contributed by atoms with Gasteiger partial charge in [-0.2, -0.15) is 0 Å². The Morgan fingerprint density at radius 1 is 1.20 bits per heavy atom. The van der Waals surface area contributed by atoms with Crippen molar-refractivity contribution in [2.75, 3.05) is 13.2 Å². The number of hydrogen-bond acceptors (Lipinski definition) is 4. The number of hydrogen-bond donors (Lipinski definition) is 2. The van der Waals surface area contributed by atoms with Crippen molar-refractivity contribution in [1.29, 1.82) is 0 Å². The van der Waals surface area contributed by atoms with E-state index >= 15 is 0 Å². The van der Waals surface area contributed by atoms with E-state index in [1.54, 1.807) is 0 Å². The van der Waals surface area contributed by atoms with Crippen LogP contribution in [0.4, 0.5) is 0 Å². The fourth-order valence-electron chi connectivity index (χ4n) is 1.20. The van der Waals surface area contributed by atoms with Gasteiger partial charge >= 0.3 is 5.97 Å². The number of aliphatic hydroxyl groups excluding tert-OH is 2. The molecule has 0 saturated heterocycles. The monoisotopic (exact) mass is 218 g/mol. The molecule has 0 spiro atoms. The maximum atomic E-state index is 11.2. The number of carbonyl (C=O) groups is 1. The summed E-state index contributed by atoms with van der Waals surface area (Å²) in [4.78, 5) is 11.2. The van der Waals surface area contributed by atoms with Crippen LogP contribution in [-0.4, -0.2) is 35.5 Å². The van der Waals surface area contributed by atoms with Gasteiger partial charge in [0, 0.05) is 6.42 Å². The second-order valence-corrected chi connectivity index (χ2v) is 4.12. The molecule has 0 heterocycles. The summed E-state index contributed by atoms with van der Waals surface area (Å²) in [6.45, 7) is 3.64. The van der Waals surface area contributed by atoms with Crippen molar-refractivity contribution >= 4 is 5.97 Å². The van der Waals surface area contributed by atoms with E-state index in [1.165, 1.54) is 0 Å². The summed E-state index contributed by atoms with van der Waals surface area (Å²) in [5.74, 6) is 0.315. The lowest BCUT2D eigenvalue weighted by molar-refractivity contribution is -0.153. The van der Waals surface area contributed by atoms with Crippen LogP contribution in [-0.2, 0) is 9.53 Å². The molecule has 15 heavy (non-hydrogen) atoms. The van der Waals surface area contributed by atoms with Crippen molar-refractivity contribution in [2.24, 2.45) is 5.92 Å². The minimum absolute atomic E-state index is 0.325. The van der Waals surface area contributed by atoms with Gasteiger partial charge in [0.1, 0.15) is 6.10 Å². The normalized spacial score (nSPS) is 11.1. The Hall–Kier alpha value is -0.610. The zero-order chi connectivity index (χ0) is 11.7. The number of carbonyl (C=O) groups excluding carboxylic acids is 1. The first-order chi connectivity index (χ1) is 7.10. The second kappa shape index (κ2) is 8.68. The Morgan fingerprint density at radius 2 is 1.80 bits per heavy atom. The molecule has 0 aliphatic carbocycles. The SMILES string of the molecule is CC(C)CCCCC(=O)OC(CO)CO. The summed E-state index contributed by atoms with van der Waals surface area (Å²) < 4.78 is 4.82. The van der Waals surface area contributed by atoms with Crippen molar-refractivity contribution in [3.8, 4) is 0 Å². The molecule has 0 aromatic heterocycles. The van der Waals surface area contributed by atoms with Gasteiger partial charge in [0.05, 0.1) is 13.2 Å². The Labute approximate surface area is 91.3 Å². The number of aliphatic hydroxyl groups is 2. The molecule has 0 bridgehead atoms. The van der Waals surface area contributed by atoms with Gasteiger partial charge in [-0.1, -0.05) is 26.7 Å². The molecular weight excluding hydrogens is 196 g/mol. The van der Waals surface area contributed by atoms with Crippen molar-refractivity contribution in [1.82, 2.24) is 0 Å². The molecular formula is C11H22O4. The van der Waals surface area contributed by atoms with E-state index in [1.807, 2.05) is 0 Å². The number of rotatable bonds is 8. The van der Waals surface area contributed by atoms with Crippen molar-refractivity contribution in [2.45, 2.75) is 45.6 Å². The third kappa shape index (κ3) is 8.39. The highest BCUT2D eigenvalue weighted by Gasteiger charge is 2.11. The lowest BCUT2D eigenvalue weighted by Crippen LogP contribution is -2.25. The van der Waals surface area contributed by atoms with Gasteiger partial charge in [-0.3, -0.25) is 4.79 Å². The predicted octanol–water partition coefficient (Wildman–Crippen LogP) is 1.10. The molecule has 4 nitrogen and oxygen atoms in total. The molecule has 90 valence electrons. The van der Waals surface area contributed by atoms with E-state index in [-0.39, 0.29) is 19.2 Å². The molecule has 0 aromatic carbocycles. The van der Waals surface area contributed by atoms with Gasteiger partial charge in [0.15, 0.2) is 0 Å². The number of esters is 1. The maximum Gasteiger partial charge on any atom is 0.306 e. The van der Waals surface area contributed by atoms with Crippen LogP contribution in [0.1, 0.15) is 39.5 Å². The summed E-state index contributed by atoms with van der Waals surface area (Å²) in [7, 11) is 0. The van der Waals surface area contributed by atoms with Gasteiger partial charge in [-0.15, -0.1) is 0 Å². The minimum atomic E-state index is -0.761. The topological polar surface area (TPSA) is 66.8 Å². The van der Waals surface area contributed by atoms with Crippen LogP contribution >= 0.6 is 0 Å². The van der Waals surface area contributed by atoms with Gasteiger partial charge in [0.2, 0.25) is 0 Å². The van der Waals surface area contributed by atoms with Crippen LogP contribution < -0.4 is 0 Å². The first-order valence-corrected chi connectivity index (χ1v) is 5.51. The summed E-state index contributed by atoms with van der Waals surface area (Å²) in [5, 5.41) is 17.4. The molecule has 4 heteroatoms. The lowest BCUT2D eigenvalue weighted by atomic mass is 10.1. The molecule has 0 unspecified atom stereocenters. The maximum absolute atomic E-state index is 11.2. The summed E-state index contributed by atoms with van der Waals surface area (Å²) >= 11 is 0. The largest absolute Gasteiger partial charge is 0.457 e. The molecule has 0 aliphatic heterocycles. The van der Waals surface area contributed by atoms with Gasteiger partial charge in [0.25, 0.3) is 0 Å². The number of unbranched alkanes of at least 4 members (excludes halogenated alkanes) is 1. The molecule has 0 saturated carbocycles. The fourth-order valence-corrected chi connectivity index (χ4v) is 1.20. The first kappa shape index (κ1) is 14.4. The minimum Gasteiger partial charge on any atom is -0.457 e. The zero-order valence-electron chi connectivity index (χ0n) is 9.61. The van der Waals surface area contributed by atoms with Crippen LogP contribution in [0.25, 0.3) is 0 Å². The average Bonchev–Trinajstić information content (AvgIpc) is 2.20. The molecule has 0 amide bonds. The second-order valence-electron chi connectivity index (χ2n) is 4.12. The predicted molar refractivity (Wildman–Crippen MR) is 57.4 cm³/mol. The van der Waals surface area contributed by atoms with E-state index in [9.17, 15) is 4.79 Å². The van der Waals surface area contributed by atoms with E-state index in [0.29, 0.717) is 12.3 Å². The Morgan fingerprint density at radius 3 is 2.27 bits per heavy atom. The Bertz CT molecular complexity index is 164. The standard InChI is InChI=1S/C11H22O4/c1-9(2)5-3-4-6-11(14)15-10(7-12)8-13/h9-10,12-13H,3-8H2,1-2H3. The van der Waals surface area contributed by atoms with Crippen LogP contribution in [0, 0.1) is 5.92 Å². The highest BCUT2D eigenvalue weighted by molar-refractivity contribution is 5.69. The van der Waals surface area contributed by atoms with Crippen LogP contribution in [0.2, 0.25) is 0 Å². The molecule has 2 N–H and O–H groups in total. The molecule has 0 radical (unpaired) electrons. The highest BCUT2D eigenvalue weighted by atomic mass is 16.6. The van der Waals surface area contributed by atoms with E-state index in [0.717, 1.165) is 19.3 Å². The fraction of sp³-hybridized carbons (Fsp3) is 0.909. The molecule has 0 aliphatic rings. The number of ether oxygens (including phenoxy) is 1. The highest BCUT2D eigenvalue weighted by Crippen LogP contribution is 2.08. The Balaban J connectivity index is 3.48. The van der Waals surface area contributed by atoms with Crippen molar-refractivity contribution < 1.29 is 19.7 Å². The summed E-state index contributed by atoms with van der Waals surface area (Å²) in [6, 6.07) is 0. The van der Waals surface area contributed by atoms with Crippen LogP contribution in [0.3, 0.4) is 0 Å². The molecule has 0 atom stereocenters. The third-order valence-electron chi connectivity index (χ3n) is 2.12. The quantitative estimate of drug-likeness (QED) is 0.473. The molecule has 0 aromatic rings. The molecule has 0 rings (SSSR count). The molecule has 0 fully saturated rings. The van der Waals surface area contributed by atoms with Crippen LogP contribution in [0.5, 0.6) is 0 Å². The average molecular weight is 218 g/mol. The van der Waals surface area contributed by atoms with Crippen molar-refractivity contribution in [3.05, 3.63) is 0 Å². The van der Waals surface area contributed by atoms with Gasteiger partial charge < -0.3 is 14.9 Å². The summed E-state index contributed by atoms with van der Waals surface area (Å²) in [5.41, 5.74) is 0. The Kier molecular flexibility index (Phi) is 8.33. The van der Waals surface area contributed by atoms with Gasteiger partial charge in [-0.25, -0.2) is 0 Å².